The van der Waals surface area contributed by atoms with E-state index in [1.807, 2.05) is 4.90 Å². The zero-order chi connectivity index (χ0) is 22.0. The van der Waals surface area contributed by atoms with Crippen molar-refractivity contribution >= 4 is 27.5 Å². The number of hydrogen-bond acceptors (Lipinski definition) is 4. The van der Waals surface area contributed by atoms with Crippen molar-refractivity contribution < 1.29 is 18.0 Å². The van der Waals surface area contributed by atoms with E-state index in [0.717, 1.165) is 50.0 Å². The summed E-state index contributed by atoms with van der Waals surface area (Å²) in [5, 5.41) is 0. The number of carbonyl (C=O) groups is 2. The molecule has 170 valence electrons. The van der Waals surface area contributed by atoms with Gasteiger partial charge in [-0.3, -0.25) is 9.59 Å². The fourth-order valence-electron chi connectivity index (χ4n) is 5.06. The molecule has 1 aromatic carbocycles. The summed E-state index contributed by atoms with van der Waals surface area (Å²) in [4.78, 5) is 28.4. The molecule has 0 bridgehead atoms. The lowest BCUT2D eigenvalue weighted by atomic mass is 9.94. The van der Waals surface area contributed by atoms with Gasteiger partial charge in [0, 0.05) is 51.8 Å². The van der Waals surface area contributed by atoms with Crippen molar-refractivity contribution in [3.63, 3.8) is 0 Å². The number of fused-ring (bicyclic) bond motifs is 1. The lowest BCUT2D eigenvalue weighted by Gasteiger charge is -2.32. The van der Waals surface area contributed by atoms with E-state index in [2.05, 4.69) is 0 Å². The average molecular weight is 448 g/mol. The summed E-state index contributed by atoms with van der Waals surface area (Å²) in [7, 11) is -3.56. The second-order valence-corrected chi connectivity index (χ2v) is 11.0. The molecule has 1 aromatic rings. The summed E-state index contributed by atoms with van der Waals surface area (Å²) in [6.45, 7) is 4.77. The Hall–Kier alpha value is -1.93. The number of amides is 2. The Morgan fingerprint density at radius 2 is 1.65 bits per heavy atom. The van der Waals surface area contributed by atoms with E-state index in [1.165, 1.54) is 19.8 Å². The van der Waals surface area contributed by atoms with Gasteiger partial charge < -0.3 is 9.80 Å². The van der Waals surface area contributed by atoms with Crippen molar-refractivity contribution in [2.24, 2.45) is 5.92 Å². The van der Waals surface area contributed by atoms with Crippen LogP contribution < -0.4 is 4.90 Å². The smallest absolute Gasteiger partial charge is 0.243 e. The zero-order valence-corrected chi connectivity index (χ0v) is 19.2. The quantitative estimate of drug-likeness (QED) is 0.711. The van der Waals surface area contributed by atoms with Gasteiger partial charge in [-0.05, 0) is 61.8 Å². The fourth-order valence-corrected chi connectivity index (χ4v) is 6.59. The number of carbonyl (C=O) groups excluding carboxylic acids is 2. The van der Waals surface area contributed by atoms with Crippen molar-refractivity contribution in [1.29, 1.82) is 0 Å². The maximum Gasteiger partial charge on any atom is 0.243 e. The van der Waals surface area contributed by atoms with Crippen molar-refractivity contribution in [2.75, 3.05) is 37.6 Å². The molecule has 2 fully saturated rings. The predicted molar refractivity (Wildman–Crippen MR) is 119 cm³/mol. The highest BCUT2D eigenvalue weighted by molar-refractivity contribution is 7.89. The molecular weight excluding hydrogens is 414 g/mol. The minimum absolute atomic E-state index is 0.0221. The topological polar surface area (TPSA) is 78.0 Å². The third-order valence-electron chi connectivity index (χ3n) is 6.96. The Balaban J connectivity index is 1.36. The molecule has 0 unspecified atom stereocenters. The van der Waals surface area contributed by atoms with Crippen LogP contribution in [0.3, 0.4) is 0 Å². The Bertz CT molecular complexity index is 930. The minimum Gasteiger partial charge on any atom is -0.343 e. The first kappa shape index (κ1) is 22.3. The number of benzene rings is 1. The van der Waals surface area contributed by atoms with Gasteiger partial charge in [-0.15, -0.1) is 0 Å². The highest BCUT2D eigenvalue weighted by Gasteiger charge is 2.32. The second-order valence-electron chi connectivity index (χ2n) is 9.06. The molecule has 0 saturated carbocycles. The zero-order valence-electron chi connectivity index (χ0n) is 18.4. The molecular formula is C23H33N3O4S. The number of rotatable bonds is 4. The Morgan fingerprint density at radius 1 is 0.968 bits per heavy atom. The monoisotopic (exact) mass is 447 g/mol. The Kier molecular flexibility index (Phi) is 6.67. The van der Waals surface area contributed by atoms with E-state index in [4.69, 9.17) is 0 Å². The molecule has 0 N–H and O–H groups in total. The standard InChI is InChI=1S/C23H33N3O4S/c1-18(27)26-15-10-20-17-21(6-7-22(20)26)31(29,30)25-13-8-19(9-14-25)16-23(28)24-11-4-2-3-5-12-24/h6-7,17,19H,2-5,8-16H2,1H3. The van der Waals surface area contributed by atoms with Crippen LogP contribution in [0.15, 0.2) is 23.1 Å². The predicted octanol–water partition coefficient (Wildman–Crippen LogP) is 2.79. The van der Waals surface area contributed by atoms with Gasteiger partial charge >= 0.3 is 0 Å². The molecule has 0 spiro atoms. The van der Waals surface area contributed by atoms with Crippen molar-refractivity contribution in [1.82, 2.24) is 9.21 Å². The van der Waals surface area contributed by atoms with Crippen LogP contribution >= 0.6 is 0 Å². The molecule has 0 aliphatic carbocycles. The van der Waals surface area contributed by atoms with Crippen LogP contribution in [0.25, 0.3) is 0 Å². The van der Waals surface area contributed by atoms with Crippen LogP contribution in [-0.2, 0) is 26.0 Å². The van der Waals surface area contributed by atoms with E-state index in [9.17, 15) is 18.0 Å². The van der Waals surface area contributed by atoms with Gasteiger partial charge in [-0.1, -0.05) is 12.8 Å². The number of sulfonamides is 1. The molecule has 3 aliphatic heterocycles. The fraction of sp³-hybridized carbons (Fsp3) is 0.652. The molecule has 3 heterocycles. The third kappa shape index (κ3) is 4.80. The lowest BCUT2D eigenvalue weighted by molar-refractivity contribution is -0.132. The van der Waals surface area contributed by atoms with Gasteiger partial charge in [0.15, 0.2) is 0 Å². The molecule has 7 nitrogen and oxygen atoms in total. The SMILES string of the molecule is CC(=O)N1CCc2cc(S(=O)(=O)N3CCC(CC(=O)N4CCCCCC4)CC3)ccc21. The van der Waals surface area contributed by atoms with Gasteiger partial charge in [0.25, 0.3) is 0 Å². The normalized spacial score (nSPS) is 21.1. The summed E-state index contributed by atoms with van der Waals surface area (Å²) in [5.74, 6) is 0.467. The first-order chi connectivity index (χ1) is 14.9. The number of piperidine rings is 1. The number of hydrogen-bond donors (Lipinski definition) is 0. The van der Waals surface area contributed by atoms with Crippen LogP contribution in [0, 0.1) is 5.92 Å². The van der Waals surface area contributed by atoms with Crippen LogP contribution in [-0.4, -0.2) is 62.2 Å². The summed E-state index contributed by atoms with van der Waals surface area (Å²) in [6, 6.07) is 5.09. The van der Waals surface area contributed by atoms with E-state index in [1.54, 1.807) is 27.4 Å². The van der Waals surface area contributed by atoms with Gasteiger partial charge in [-0.25, -0.2) is 8.42 Å². The molecule has 0 aromatic heterocycles. The van der Waals surface area contributed by atoms with E-state index in [0.29, 0.717) is 37.4 Å². The van der Waals surface area contributed by atoms with Crippen molar-refractivity contribution in [2.45, 2.75) is 63.2 Å². The Labute approximate surface area is 185 Å². The summed E-state index contributed by atoms with van der Waals surface area (Å²) in [5.41, 5.74) is 1.73. The van der Waals surface area contributed by atoms with Crippen LogP contribution in [0.4, 0.5) is 5.69 Å². The molecule has 31 heavy (non-hydrogen) atoms. The first-order valence-electron chi connectivity index (χ1n) is 11.6. The maximum absolute atomic E-state index is 13.2. The van der Waals surface area contributed by atoms with Gasteiger partial charge in [0.1, 0.15) is 0 Å². The first-order valence-corrected chi connectivity index (χ1v) is 13.0. The average Bonchev–Trinajstić information content (AvgIpc) is 2.99. The number of nitrogens with zero attached hydrogens (tertiary/aromatic N) is 3. The molecule has 2 saturated heterocycles. The third-order valence-corrected chi connectivity index (χ3v) is 8.85. The molecule has 4 rings (SSSR count). The summed E-state index contributed by atoms with van der Waals surface area (Å²) < 4.78 is 27.9. The minimum atomic E-state index is -3.56. The maximum atomic E-state index is 13.2. The van der Waals surface area contributed by atoms with E-state index >= 15 is 0 Å². The largest absolute Gasteiger partial charge is 0.343 e. The molecule has 8 heteroatoms. The number of anilines is 1. The molecule has 0 atom stereocenters. The highest BCUT2D eigenvalue weighted by Crippen LogP contribution is 2.32. The van der Waals surface area contributed by atoms with Gasteiger partial charge in [0.05, 0.1) is 4.90 Å². The summed E-state index contributed by atoms with van der Waals surface area (Å²) in [6.07, 6.45) is 7.25. The van der Waals surface area contributed by atoms with Crippen LogP contribution in [0.1, 0.15) is 57.4 Å². The van der Waals surface area contributed by atoms with Crippen molar-refractivity contribution in [3.05, 3.63) is 23.8 Å². The molecule has 2 amide bonds. The summed E-state index contributed by atoms with van der Waals surface area (Å²) >= 11 is 0. The highest BCUT2D eigenvalue weighted by atomic mass is 32.2. The molecule has 3 aliphatic rings. The van der Waals surface area contributed by atoms with Crippen LogP contribution in [0.5, 0.6) is 0 Å². The second kappa shape index (κ2) is 9.28. The van der Waals surface area contributed by atoms with Crippen LogP contribution in [0.2, 0.25) is 0 Å². The van der Waals surface area contributed by atoms with E-state index in [-0.39, 0.29) is 17.7 Å². The van der Waals surface area contributed by atoms with Gasteiger partial charge in [0.2, 0.25) is 21.8 Å². The number of likely N-dealkylation sites (tertiary alicyclic amines) is 1. The van der Waals surface area contributed by atoms with Crippen molar-refractivity contribution in [3.8, 4) is 0 Å². The van der Waals surface area contributed by atoms with E-state index < -0.39 is 10.0 Å². The Morgan fingerprint density at radius 3 is 2.29 bits per heavy atom. The van der Waals surface area contributed by atoms with Gasteiger partial charge in [-0.2, -0.15) is 4.31 Å². The lowest BCUT2D eigenvalue weighted by Crippen LogP contribution is -2.40. The molecule has 0 radical (unpaired) electrons.